The SMILES string of the molecule is O=C(NCc1ccccc1F)c1cccc(NC(=O)N2CCO[C@@H]3CCCC[C@@H]32)c1. The fourth-order valence-electron chi connectivity index (χ4n) is 4.20. The van der Waals surface area contributed by atoms with Crippen molar-refractivity contribution in [3.63, 3.8) is 0 Å². The van der Waals surface area contributed by atoms with E-state index in [1.165, 1.54) is 6.07 Å². The number of hydrogen-bond acceptors (Lipinski definition) is 3. The number of fused-ring (bicyclic) bond motifs is 1. The number of rotatable bonds is 4. The van der Waals surface area contributed by atoms with Crippen LogP contribution in [0, 0.1) is 5.82 Å². The van der Waals surface area contributed by atoms with E-state index in [9.17, 15) is 14.0 Å². The number of morpholine rings is 1. The molecule has 1 aliphatic heterocycles. The van der Waals surface area contributed by atoms with Crippen molar-refractivity contribution in [2.75, 3.05) is 18.5 Å². The highest BCUT2D eigenvalue weighted by molar-refractivity contribution is 5.97. The standard InChI is InChI=1S/C23H26FN3O3/c24-19-9-2-1-6-17(19)15-25-22(28)16-7-5-8-18(14-16)26-23(29)27-12-13-30-21-11-4-3-10-20(21)27/h1-2,5-9,14,20-21H,3-4,10-13,15H2,(H,25,28)(H,26,29)/t20-,21+/m0/s1. The molecule has 1 saturated carbocycles. The van der Waals surface area contributed by atoms with Crippen molar-refractivity contribution >= 4 is 17.6 Å². The van der Waals surface area contributed by atoms with Crippen LogP contribution < -0.4 is 10.6 Å². The fraction of sp³-hybridized carbons (Fsp3) is 0.391. The van der Waals surface area contributed by atoms with Crippen LogP contribution in [-0.2, 0) is 11.3 Å². The van der Waals surface area contributed by atoms with Crippen LogP contribution in [0.5, 0.6) is 0 Å². The zero-order valence-electron chi connectivity index (χ0n) is 16.8. The summed E-state index contributed by atoms with van der Waals surface area (Å²) in [5.41, 5.74) is 1.38. The lowest BCUT2D eigenvalue weighted by atomic mass is 9.90. The van der Waals surface area contributed by atoms with Gasteiger partial charge in [-0.15, -0.1) is 0 Å². The number of ether oxygens (including phenoxy) is 1. The molecule has 2 aromatic rings. The summed E-state index contributed by atoms with van der Waals surface area (Å²) in [7, 11) is 0. The van der Waals surface area contributed by atoms with E-state index < -0.39 is 0 Å². The molecular formula is C23H26FN3O3. The molecule has 7 heteroatoms. The molecule has 0 bridgehead atoms. The molecular weight excluding hydrogens is 385 g/mol. The fourth-order valence-corrected chi connectivity index (χ4v) is 4.20. The molecule has 0 spiro atoms. The van der Waals surface area contributed by atoms with Gasteiger partial charge in [-0.2, -0.15) is 0 Å². The monoisotopic (exact) mass is 411 g/mol. The van der Waals surface area contributed by atoms with E-state index in [-0.39, 0.29) is 36.4 Å². The maximum absolute atomic E-state index is 13.7. The highest BCUT2D eigenvalue weighted by Crippen LogP contribution is 2.29. The number of carbonyl (C=O) groups is 2. The van der Waals surface area contributed by atoms with Gasteiger partial charge in [-0.3, -0.25) is 4.79 Å². The number of nitrogens with one attached hydrogen (secondary N) is 2. The first-order valence-electron chi connectivity index (χ1n) is 10.4. The van der Waals surface area contributed by atoms with Crippen molar-refractivity contribution in [3.8, 4) is 0 Å². The molecule has 0 aromatic heterocycles. The van der Waals surface area contributed by atoms with Crippen LogP contribution in [-0.4, -0.2) is 42.1 Å². The number of benzene rings is 2. The predicted octanol–water partition coefficient (Wildman–Crippen LogP) is 3.93. The zero-order valence-corrected chi connectivity index (χ0v) is 16.8. The summed E-state index contributed by atoms with van der Waals surface area (Å²) in [4.78, 5) is 27.2. The highest BCUT2D eigenvalue weighted by atomic mass is 19.1. The van der Waals surface area contributed by atoms with Crippen LogP contribution in [0.3, 0.4) is 0 Å². The Labute approximate surface area is 175 Å². The van der Waals surface area contributed by atoms with Gasteiger partial charge >= 0.3 is 6.03 Å². The Balaban J connectivity index is 1.38. The highest BCUT2D eigenvalue weighted by Gasteiger charge is 2.36. The summed E-state index contributed by atoms with van der Waals surface area (Å²) in [6.45, 7) is 1.21. The molecule has 6 nitrogen and oxygen atoms in total. The zero-order chi connectivity index (χ0) is 20.9. The number of urea groups is 1. The molecule has 1 aliphatic carbocycles. The second-order valence-electron chi connectivity index (χ2n) is 7.74. The number of halogens is 1. The topological polar surface area (TPSA) is 70.7 Å². The number of nitrogens with zero attached hydrogens (tertiary/aromatic N) is 1. The third-order valence-electron chi connectivity index (χ3n) is 5.77. The van der Waals surface area contributed by atoms with Crippen molar-refractivity contribution in [1.82, 2.24) is 10.2 Å². The lowest BCUT2D eigenvalue weighted by molar-refractivity contribution is -0.0694. The van der Waals surface area contributed by atoms with Crippen LogP contribution in [0.15, 0.2) is 48.5 Å². The quantitative estimate of drug-likeness (QED) is 0.801. The van der Waals surface area contributed by atoms with Gasteiger partial charge in [0.2, 0.25) is 0 Å². The minimum atomic E-state index is -0.356. The second-order valence-corrected chi connectivity index (χ2v) is 7.74. The first-order valence-corrected chi connectivity index (χ1v) is 10.4. The lowest BCUT2D eigenvalue weighted by Gasteiger charge is -2.43. The Morgan fingerprint density at radius 1 is 1.10 bits per heavy atom. The second kappa shape index (κ2) is 9.26. The van der Waals surface area contributed by atoms with Crippen molar-refractivity contribution in [2.45, 2.75) is 44.4 Å². The van der Waals surface area contributed by atoms with Crippen molar-refractivity contribution in [1.29, 1.82) is 0 Å². The van der Waals surface area contributed by atoms with Crippen molar-refractivity contribution in [3.05, 3.63) is 65.5 Å². The third kappa shape index (κ3) is 4.62. The van der Waals surface area contributed by atoms with Gasteiger partial charge in [0.15, 0.2) is 0 Å². The van der Waals surface area contributed by atoms with E-state index in [0.717, 1.165) is 25.7 Å². The average Bonchev–Trinajstić information content (AvgIpc) is 2.78. The molecule has 158 valence electrons. The maximum atomic E-state index is 13.7. The van der Waals surface area contributed by atoms with E-state index >= 15 is 0 Å². The number of hydrogen-bond donors (Lipinski definition) is 2. The van der Waals surface area contributed by atoms with Gasteiger partial charge < -0.3 is 20.3 Å². The molecule has 3 amide bonds. The molecule has 2 atom stereocenters. The van der Waals surface area contributed by atoms with Crippen LogP contribution in [0.2, 0.25) is 0 Å². The van der Waals surface area contributed by atoms with Gasteiger partial charge in [-0.05, 0) is 37.1 Å². The summed E-state index contributed by atoms with van der Waals surface area (Å²) < 4.78 is 19.6. The van der Waals surface area contributed by atoms with Crippen LogP contribution in [0.4, 0.5) is 14.9 Å². The normalized spacial score (nSPS) is 20.9. The molecule has 1 heterocycles. The first-order chi connectivity index (χ1) is 14.6. The van der Waals surface area contributed by atoms with Gasteiger partial charge in [0, 0.05) is 29.9 Å². The molecule has 0 radical (unpaired) electrons. The summed E-state index contributed by atoms with van der Waals surface area (Å²) >= 11 is 0. The van der Waals surface area contributed by atoms with E-state index in [1.54, 1.807) is 42.5 Å². The van der Waals surface area contributed by atoms with E-state index in [0.29, 0.717) is 30.0 Å². The van der Waals surface area contributed by atoms with Gasteiger partial charge in [0.05, 0.1) is 18.8 Å². The van der Waals surface area contributed by atoms with Crippen LogP contribution >= 0.6 is 0 Å². The smallest absolute Gasteiger partial charge is 0.322 e. The molecule has 2 N–H and O–H groups in total. The predicted molar refractivity (Wildman–Crippen MR) is 112 cm³/mol. The first kappa shape index (κ1) is 20.3. The minimum Gasteiger partial charge on any atom is -0.374 e. The molecule has 0 unspecified atom stereocenters. The average molecular weight is 411 g/mol. The molecule has 2 fully saturated rings. The Hall–Kier alpha value is -2.93. The van der Waals surface area contributed by atoms with E-state index in [1.807, 2.05) is 4.90 Å². The van der Waals surface area contributed by atoms with Crippen LogP contribution in [0.1, 0.15) is 41.6 Å². The van der Waals surface area contributed by atoms with Crippen LogP contribution in [0.25, 0.3) is 0 Å². The minimum absolute atomic E-state index is 0.0962. The van der Waals surface area contributed by atoms with Gasteiger partial charge in [0.1, 0.15) is 5.82 Å². The van der Waals surface area contributed by atoms with Crippen molar-refractivity contribution in [2.24, 2.45) is 0 Å². The number of carbonyl (C=O) groups excluding carboxylic acids is 2. The summed E-state index contributed by atoms with van der Waals surface area (Å²) in [5, 5.41) is 5.63. The number of amides is 3. The Bertz CT molecular complexity index is 918. The Kier molecular flexibility index (Phi) is 6.28. The maximum Gasteiger partial charge on any atom is 0.322 e. The molecule has 30 heavy (non-hydrogen) atoms. The Morgan fingerprint density at radius 2 is 1.93 bits per heavy atom. The van der Waals surface area contributed by atoms with Gasteiger partial charge in [-0.25, -0.2) is 9.18 Å². The molecule has 2 aromatic carbocycles. The van der Waals surface area contributed by atoms with E-state index in [4.69, 9.17) is 4.74 Å². The molecule has 4 rings (SSSR count). The van der Waals surface area contributed by atoms with Gasteiger partial charge in [0.25, 0.3) is 5.91 Å². The number of anilines is 1. The Morgan fingerprint density at radius 3 is 2.80 bits per heavy atom. The molecule has 1 saturated heterocycles. The van der Waals surface area contributed by atoms with Crippen molar-refractivity contribution < 1.29 is 18.7 Å². The summed E-state index contributed by atoms with van der Waals surface area (Å²) in [6, 6.07) is 13.0. The van der Waals surface area contributed by atoms with E-state index in [2.05, 4.69) is 10.6 Å². The lowest BCUT2D eigenvalue weighted by Crippen LogP contribution is -2.55. The summed E-state index contributed by atoms with van der Waals surface area (Å²) in [6.07, 6.45) is 4.31. The molecule has 2 aliphatic rings. The van der Waals surface area contributed by atoms with Gasteiger partial charge in [-0.1, -0.05) is 37.1 Å². The third-order valence-corrected chi connectivity index (χ3v) is 5.77. The summed E-state index contributed by atoms with van der Waals surface area (Å²) in [5.74, 6) is -0.682. The largest absolute Gasteiger partial charge is 0.374 e.